The van der Waals surface area contributed by atoms with Crippen molar-refractivity contribution in [2.75, 3.05) is 27.0 Å². The molecule has 1 fully saturated rings. The topological polar surface area (TPSA) is 48.0 Å². The third-order valence-corrected chi connectivity index (χ3v) is 2.80. The highest BCUT2D eigenvalue weighted by atomic mass is 16.7. The molecule has 1 rings (SSSR count). The number of nitrogens with zero attached hydrogens (tertiary/aromatic N) is 1. The van der Waals surface area contributed by atoms with E-state index in [9.17, 15) is 4.79 Å². The summed E-state index contributed by atoms with van der Waals surface area (Å²) >= 11 is 0. The van der Waals surface area contributed by atoms with Gasteiger partial charge in [0.2, 0.25) is 0 Å². The van der Waals surface area contributed by atoms with Crippen molar-refractivity contribution in [2.24, 2.45) is 5.92 Å². The first kappa shape index (κ1) is 16.0. The van der Waals surface area contributed by atoms with Gasteiger partial charge < -0.3 is 19.1 Å². The first-order chi connectivity index (χ1) is 8.87. The number of rotatable bonds is 4. The van der Waals surface area contributed by atoms with Gasteiger partial charge in [0, 0.05) is 19.6 Å². The Morgan fingerprint density at radius 2 is 2.05 bits per heavy atom. The Morgan fingerprint density at radius 1 is 1.37 bits per heavy atom. The van der Waals surface area contributed by atoms with Gasteiger partial charge in [0.15, 0.2) is 0 Å². The number of hydrogen-bond acceptors (Lipinski definition) is 4. The van der Waals surface area contributed by atoms with Gasteiger partial charge in [-0.05, 0) is 27.7 Å². The van der Waals surface area contributed by atoms with E-state index in [1.165, 1.54) is 0 Å². The lowest BCUT2D eigenvalue weighted by Gasteiger charge is -2.24. The van der Waals surface area contributed by atoms with Crippen LogP contribution in [0.25, 0.3) is 0 Å². The van der Waals surface area contributed by atoms with Crippen LogP contribution >= 0.6 is 0 Å². The highest BCUT2D eigenvalue weighted by molar-refractivity contribution is 5.68. The summed E-state index contributed by atoms with van der Waals surface area (Å²) in [5, 5.41) is 0. The maximum absolute atomic E-state index is 12.0. The highest BCUT2D eigenvalue weighted by Crippen LogP contribution is 2.23. The molecule has 0 aliphatic carbocycles. The van der Waals surface area contributed by atoms with Gasteiger partial charge in [-0.1, -0.05) is 12.2 Å². The molecule has 1 aliphatic rings. The van der Waals surface area contributed by atoms with Gasteiger partial charge in [-0.3, -0.25) is 0 Å². The largest absolute Gasteiger partial charge is 0.444 e. The summed E-state index contributed by atoms with van der Waals surface area (Å²) in [6.07, 6.45) is 3.71. The Bertz CT molecular complexity index is 322. The molecule has 0 bridgehead atoms. The molecular formula is C14H25NO4. The normalized spacial score (nSPS) is 24.2. The molecule has 1 aliphatic heterocycles. The van der Waals surface area contributed by atoms with Gasteiger partial charge >= 0.3 is 6.09 Å². The molecule has 5 heteroatoms. The summed E-state index contributed by atoms with van der Waals surface area (Å²) in [6.45, 7) is 8.95. The second kappa shape index (κ2) is 6.91. The Balaban J connectivity index is 2.61. The third-order valence-electron chi connectivity index (χ3n) is 2.80. The summed E-state index contributed by atoms with van der Waals surface area (Å²) in [5.74, 6) is 0.188. The monoisotopic (exact) mass is 271 g/mol. The minimum Gasteiger partial charge on any atom is -0.444 e. The maximum atomic E-state index is 12.0. The van der Waals surface area contributed by atoms with Gasteiger partial charge in [0.25, 0.3) is 0 Å². The second-order valence-electron chi connectivity index (χ2n) is 5.69. The van der Waals surface area contributed by atoms with Crippen molar-refractivity contribution in [3.63, 3.8) is 0 Å². The van der Waals surface area contributed by atoms with Crippen LogP contribution in [-0.2, 0) is 14.2 Å². The zero-order valence-corrected chi connectivity index (χ0v) is 12.5. The van der Waals surface area contributed by atoms with E-state index in [0.29, 0.717) is 13.1 Å². The van der Waals surface area contributed by atoms with Crippen LogP contribution in [-0.4, -0.2) is 49.7 Å². The molecular weight excluding hydrogens is 246 g/mol. The number of carbonyl (C=O) groups excluding carboxylic acids is 1. The first-order valence-corrected chi connectivity index (χ1v) is 6.58. The summed E-state index contributed by atoms with van der Waals surface area (Å²) in [7, 11) is 1.59. The van der Waals surface area contributed by atoms with Crippen LogP contribution in [0.15, 0.2) is 12.2 Å². The first-order valence-electron chi connectivity index (χ1n) is 6.58. The Hall–Kier alpha value is -1.07. The van der Waals surface area contributed by atoms with Crippen LogP contribution < -0.4 is 0 Å². The molecule has 0 aromatic rings. The lowest BCUT2D eigenvalue weighted by Crippen LogP contribution is -2.36. The molecule has 1 amide bonds. The smallest absolute Gasteiger partial charge is 0.410 e. The molecule has 0 spiro atoms. The number of ether oxygens (including phenoxy) is 3. The number of hydrogen-bond donors (Lipinski definition) is 0. The summed E-state index contributed by atoms with van der Waals surface area (Å²) in [4.78, 5) is 13.7. The average molecular weight is 271 g/mol. The van der Waals surface area contributed by atoms with Crippen molar-refractivity contribution in [3.8, 4) is 0 Å². The zero-order chi connectivity index (χ0) is 14.5. The molecule has 0 aromatic heterocycles. The van der Waals surface area contributed by atoms with E-state index in [2.05, 4.69) is 6.08 Å². The van der Waals surface area contributed by atoms with E-state index in [1.54, 1.807) is 12.0 Å². The molecule has 19 heavy (non-hydrogen) atoms. The maximum Gasteiger partial charge on any atom is 0.410 e. The molecule has 0 unspecified atom stereocenters. The molecule has 110 valence electrons. The van der Waals surface area contributed by atoms with Crippen LogP contribution in [0.3, 0.4) is 0 Å². The summed E-state index contributed by atoms with van der Waals surface area (Å²) in [5.41, 5.74) is -0.474. The van der Waals surface area contributed by atoms with Crippen molar-refractivity contribution in [3.05, 3.63) is 12.2 Å². The van der Waals surface area contributed by atoms with E-state index in [0.717, 1.165) is 0 Å². The van der Waals surface area contributed by atoms with Gasteiger partial charge in [-0.15, -0.1) is 0 Å². The minimum absolute atomic E-state index is 0.0383. The van der Waals surface area contributed by atoms with E-state index in [1.807, 2.05) is 33.8 Å². The second-order valence-corrected chi connectivity index (χ2v) is 5.69. The molecule has 0 saturated carbocycles. The third kappa shape index (κ3) is 5.20. The van der Waals surface area contributed by atoms with E-state index < -0.39 is 5.60 Å². The predicted octanol–water partition coefficient (Wildman–Crippen LogP) is 2.42. The molecule has 1 saturated heterocycles. The zero-order valence-electron chi connectivity index (χ0n) is 12.5. The number of amides is 1. The molecule has 2 atom stereocenters. The van der Waals surface area contributed by atoms with E-state index >= 15 is 0 Å². The lowest BCUT2D eigenvalue weighted by molar-refractivity contribution is -0.0752. The Kier molecular flexibility index (Phi) is 5.82. The standard InChI is InChI=1S/C14H25NO4/c1-6-7-11-8-15(9-12(11)18-10-17-5)13(16)19-14(2,3)4/h6-7,11-12H,8-10H2,1-5H3/b7-6+/t11-,12-/m0/s1. The van der Waals surface area contributed by atoms with Crippen LogP contribution in [0.2, 0.25) is 0 Å². The van der Waals surface area contributed by atoms with Crippen LogP contribution in [0, 0.1) is 5.92 Å². The number of likely N-dealkylation sites (tertiary alicyclic amines) is 1. The summed E-state index contributed by atoms with van der Waals surface area (Å²) in [6, 6.07) is 0. The predicted molar refractivity (Wildman–Crippen MR) is 72.9 cm³/mol. The van der Waals surface area contributed by atoms with Crippen molar-refractivity contribution in [1.82, 2.24) is 4.90 Å². The van der Waals surface area contributed by atoms with E-state index in [-0.39, 0.29) is 24.9 Å². The van der Waals surface area contributed by atoms with Crippen LogP contribution in [0.1, 0.15) is 27.7 Å². The lowest BCUT2D eigenvalue weighted by atomic mass is 10.1. The highest BCUT2D eigenvalue weighted by Gasteiger charge is 2.36. The Morgan fingerprint density at radius 3 is 2.58 bits per heavy atom. The van der Waals surface area contributed by atoms with Crippen LogP contribution in [0.5, 0.6) is 0 Å². The van der Waals surface area contributed by atoms with Gasteiger partial charge in [-0.25, -0.2) is 4.79 Å². The Labute approximate surface area is 115 Å². The molecule has 0 aromatic carbocycles. The fourth-order valence-electron chi connectivity index (χ4n) is 2.04. The van der Waals surface area contributed by atoms with Crippen molar-refractivity contribution < 1.29 is 19.0 Å². The SMILES string of the molecule is C/C=C/[C@H]1CN(C(=O)OC(C)(C)C)C[C@@H]1OCOC. The molecule has 1 heterocycles. The molecule has 5 nitrogen and oxygen atoms in total. The number of carbonyl (C=O) groups is 1. The fraction of sp³-hybridized carbons (Fsp3) is 0.786. The van der Waals surface area contributed by atoms with Gasteiger partial charge in [0.05, 0.1) is 12.6 Å². The fourth-order valence-corrected chi connectivity index (χ4v) is 2.04. The van der Waals surface area contributed by atoms with Crippen molar-refractivity contribution in [2.45, 2.75) is 39.4 Å². The van der Waals surface area contributed by atoms with Crippen molar-refractivity contribution in [1.29, 1.82) is 0 Å². The summed E-state index contributed by atoms with van der Waals surface area (Å²) < 4.78 is 15.9. The van der Waals surface area contributed by atoms with E-state index in [4.69, 9.17) is 14.2 Å². The average Bonchev–Trinajstić information content (AvgIpc) is 2.68. The van der Waals surface area contributed by atoms with Gasteiger partial charge in [-0.2, -0.15) is 0 Å². The minimum atomic E-state index is -0.474. The number of allylic oxidation sites excluding steroid dienone is 1. The quantitative estimate of drug-likeness (QED) is 0.582. The van der Waals surface area contributed by atoms with Gasteiger partial charge in [0.1, 0.15) is 12.4 Å². The molecule has 0 radical (unpaired) electrons. The van der Waals surface area contributed by atoms with Crippen molar-refractivity contribution >= 4 is 6.09 Å². The van der Waals surface area contributed by atoms with Crippen LogP contribution in [0.4, 0.5) is 4.79 Å². The number of methoxy groups -OCH3 is 1. The molecule has 0 N–H and O–H groups in total.